The zero-order valence-corrected chi connectivity index (χ0v) is 16.6. The topological polar surface area (TPSA) is 45.3 Å². The van der Waals surface area contributed by atoms with E-state index in [1.165, 1.54) is 18.2 Å². The largest absolute Gasteiger partial charge is 0.497 e. The number of H-pyrrole nitrogens is 1. The summed E-state index contributed by atoms with van der Waals surface area (Å²) in [5.41, 5.74) is 2.69. The lowest BCUT2D eigenvalue weighted by Crippen LogP contribution is -2.39. The van der Waals surface area contributed by atoms with Crippen LogP contribution >= 0.6 is 0 Å². The number of aromatic amines is 1. The Balaban J connectivity index is 1.86. The maximum absolute atomic E-state index is 13.0. The molecular weight excluding hydrogens is 393 g/mol. The molecule has 0 bridgehead atoms. The summed E-state index contributed by atoms with van der Waals surface area (Å²) in [6.45, 7) is 2.22. The first kappa shape index (κ1) is 20.1. The Morgan fingerprint density at radius 3 is 2.57 bits per heavy atom. The molecule has 1 amide bonds. The molecule has 2 aromatic carbocycles. The van der Waals surface area contributed by atoms with Gasteiger partial charge in [0.15, 0.2) is 0 Å². The number of hydrogen-bond donors (Lipinski definition) is 1. The first-order chi connectivity index (χ1) is 14.3. The van der Waals surface area contributed by atoms with Crippen molar-refractivity contribution in [3.63, 3.8) is 0 Å². The number of alkyl halides is 3. The van der Waals surface area contributed by atoms with Gasteiger partial charge in [-0.25, -0.2) is 0 Å². The van der Waals surface area contributed by atoms with E-state index in [2.05, 4.69) is 4.98 Å². The van der Waals surface area contributed by atoms with Gasteiger partial charge in [0, 0.05) is 23.1 Å². The molecule has 4 rings (SSSR count). The lowest BCUT2D eigenvalue weighted by molar-refractivity contribution is -0.137. The van der Waals surface area contributed by atoms with Gasteiger partial charge in [0.05, 0.1) is 18.7 Å². The fraction of sp³-hybridized carbons (Fsp3) is 0.261. The first-order valence-corrected chi connectivity index (χ1v) is 9.62. The van der Waals surface area contributed by atoms with E-state index in [9.17, 15) is 18.0 Å². The molecule has 1 N–H and O–H groups in total. The maximum Gasteiger partial charge on any atom is 0.416 e. The number of nitrogens with one attached hydrogen (secondary N) is 1. The number of aromatic nitrogens is 1. The van der Waals surface area contributed by atoms with Crippen LogP contribution in [0.2, 0.25) is 0 Å². The van der Waals surface area contributed by atoms with E-state index in [-0.39, 0.29) is 5.91 Å². The second kappa shape index (κ2) is 7.55. The van der Waals surface area contributed by atoms with Crippen LogP contribution in [0.3, 0.4) is 0 Å². The smallest absolute Gasteiger partial charge is 0.416 e. The fourth-order valence-electron chi connectivity index (χ4n) is 4.07. The van der Waals surface area contributed by atoms with Gasteiger partial charge in [-0.15, -0.1) is 0 Å². The van der Waals surface area contributed by atoms with Crippen molar-refractivity contribution in [1.82, 2.24) is 9.88 Å². The first-order valence-electron chi connectivity index (χ1n) is 9.62. The average Bonchev–Trinajstić information content (AvgIpc) is 3.10. The Labute approximate surface area is 171 Å². The van der Waals surface area contributed by atoms with E-state index in [1.54, 1.807) is 25.0 Å². The van der Waals surface area contributed by atoms with Gasteiger partial charge in [0.25, 0.3) is 0 Å². The van der Waals surface area contributed by atoms with Crippen molar-refractivity contribution in [3.8, 4) is 5.75 Å². The van der Waals surface area contributed by atoms with E-state index >= 15 is 0 Å². The Morgan fingerprint density at radius 1 is 1.20 bits per heavy atom. The normalized spacial score (nSPS) is 16.8. The van der Waals surface area contributed by atoms with Crippen molar-refractivity contribution < 1.29 is 22.7 Å². The number of halogens is 3. The van der Waals surface area contributed by atoms with Crippen LogP contribution in [0, 0.1) is 0 Å². The van der Waals surface area contributed by atoms with Gasteiger partial charge in [-0.3, -0.25) is 4.79 Å². The zero-order chi connectivity index (χ0) is 21.5. The van der Waals surface area contributed by atoms with Crippen LogP contribution in [0.15, 0.2) is 54.6 Å². The van der Waals surface area contributed by atoms with Gasteiger partial charge in [-0.05, 0) is 60.9 Å². The predicted molar refractivity (Wildman–Crippen MR) is 108 cm³/mol. The third kappa shape index (κ3) is 3.44. The zero-order valence-electron chi connectivity index (χ0n) is 16.6. The quantitative estimate of drug-likeness (QED) is 0.596. The van der Waals surface area contributed by atoms with E-state index in [0.29, 0.717) is 18.5 Å². The summed E-state index contributed by atoms with van der Waals surface area (Å²) in [5.74, 6) is 0.548. The van der Waals surface area contributed by atoms with Crippen molar-refractivity contribution in [2.45, 2.75) is 25.6 Å². The molecule has 1 aliphatic rings. The Hall–Kier alpha value is -3.22. The maximum atomic E-state index is 13.0. The van der Waals surface area contributed by atoms with Crippen molar-refractivity contribution >= 4 is 16.8 Å². The molecule has 3 aromatic rings. The third-order valence-corrected chi connectivity index (χ3v) is 5.48. The van der Waals surface area contributed by atoms with Crippen LogP contribution in [0.25, 0.3) is 10.9 Å². The number of hydrogen-bond acceptors (Lipinski definition) is 2. The lowest BCUT2D eigenvalue weighted by atomic mass is 9.91. The van der Waals surface area contributed by atoms with Gasteiger partial charge in [0.2, 0.25) is 5.91 Å². The molecule has 30 heavy (non-hydrogen) atoms. The van der Waals surface area contributed by atoms with Gasteiger partial charge in [-0.1, -0.05) is 18.2 Å². The summed E-state index contributed by atoms with van der Waals surface area (Å²) in [5, 5.41) is 0.999. The van der Waals surface area contributed by atoms with E-state index in [4.69, 9.17) is 4.74 Å². The number of rotatable bonds is 3. The number of methoxy groups -OCH3 is 1. The highest BCUT2D eigenvalue weighted by molar-refractivity contribution is 5.90. The van der Waals surface area contributed by atoms with Crippen LogP contribution in [0.5, 0.6) is 5.75 Å². The molecule has 1 unspecified atom stereocenters. The van der Waals surface area contributed by atoms with Crippen LogP contribution in [0.1, 0.15) is 35.3 Å². The summed E-state index contributed by atoms with van der Waals surface area (Å²) in [4.78, 5) is 17.8. The molecule has 0 saturated carbocycles. The molecule has 2 heterocycles. The number of carbonyl (C=O) groups is 1. The minimum atomic E-state index is -4.41. The molecular formula is C23H21F3N2O2. The van der Waals surface area contributed by atoms with Gasteiger partial charge in [0.1, 0.15) is 5.75 Å². The molecule has 0 saturated heterocycles. The van der Waals surface area contributed by atoms with Gasteiger partial charge < -0.3 is 14.6 Å². The fourth-order valence-corrected chi connectivity index (χ4v) is 4.07. The molecule has 0 radical (unpaired) electrons. The predicted octanol–water partition coefficient (Wildman–Crippen LogP) is 5.25. The number of fused-ring (bicyclic) bond motifs is 3. The number of ether oxygens (including phenoxy) is 1. The highest BCUT2D eigenvalue weighted by atomic mass is 19.4. The van der Waals surface area contributed by atoms with Crippen molar-refractivity contribution in [3.05, 3.63) is 77.0 Å². The third-order valence-electron chi connectivity index (χ3n) is 5.48. The number of benzene rings is 2. The van der Waals surface area contributed by atoms with Gasteiger partial charge >= 0.3 is 6.18 Å². The Bertz CT molecular complexity index is 1110. The van der Waals surface area contributed by atoms with E-state index in [1.807, 2.05) is 18.2 Å². The molecule has 4 nitrogen and oxygen atoms in total. The SMILES string of the molecule is C/C=C/C(=O)N1CCc2c([nH]c3ccc(OC)cc23)C1c1ccc(C(F)(F)F)cc1. The number of nitrogens with zero attached hydrogens (tertiary/aromatic N) is 1. The summed E-state index contributed by atoms with van der Waals surface area (Å²) in [6, 6.07) is 10.2. The van der Waals surface area contributed by atoms with Crippen LogP contribution in [-0.2, 0) is 17.4 Å². The van der Waals surface area contributed by atoms with Crippen LogP contribution < -0.4 is 4.74 Å². The summed E-state index contributed by atoms with van der Waals surface area (Å²) >= 11 is 0. The number of amides is 1. The van der Waals surface area contributed by atoms with Crippen LogP contribution in [-0.4, -0.2) is 29.4 Å². The van der Waals surface area contributed by atoms with E-state index in [0.717, 1.165) is 40.0 Å². The molecule has 0 fully saturated rings. The summed E-state index contributed by atoms with van der Waals surface area (Å²) in [6.07, 6.45) is -0.622. The average molecular weight is 414 g/mol. The monoisotopic (exact) mass is 414 g/mol. The number of carbonyl (C=O) groups excluding carboxylic acids is 1. The van der Waals surface area contributed by atoms with Crippen molar-refractivity contribution in [2.24, 2.45) is 0 Å². The molecule has 1 atom stereocenters. The Kier molecular flexibility index (Phi) is 5.05. The molecule has 1 aromatic heterocycles. The molecule has 0 spiro atoms. The molecule has 0 aliphatic carbocycles. The summed E-state index contributed by atoms with van der Waals surface area (Å²) < 4.78 is 44.4. The highest BCUT2D eigenvalue weighted by Gasteiger charge is 2.35. The minimum absolute atomic E-state index is 0.177. The van der Waals surface area contributed by atoms with Gasteiger partial charge in [-0.2, -0.15) is 13.2 Å². The minimum Gasteiger partial charge on any atom is -0.497 e. The second-order valence-electron chi connectivity index (χ2n) is 7.23. The standard InChI is InChI=1S/C23H21F3N2O2/c1-3-4-20(29)28-12-11-17-18-13-16(30-2)9-10-19(18)27-21(17)22(28)14-5-7-15(8-6-14)23(24,25)26/h3-10,13,22,27H,11-12H2,1-2H3/b4-3+. The second-order valence-corrected chi connectivity index (χ2v) is 7.23. The Morgan fingerprint density at radius 2 is 1.93 bits per heavy atom. The molecule has 1 aliphatic heterocycles. The van der Waals surface area contributed by atoms with Crippen molar-refractivity contribution in [2.75, 3.05) is 13.7 Å². The summed E-state index contributed by atoms with van der Waals surface area (Å²) in [7, 11) is 1.60. The highest BCUT2D eigenvalue weighted by Crippen LogP contribution is 2.40. The molecule has 7 heteroatoms. The van der Waals surface area contributed by atoms with E-state index < -0.39 is 17.8 Å². The number of allylic oxidation sites excluding steroid dienone is 1. The lowest BCUT2D eigenvalue weighted by Gasteiger charge is -2.35. The van der Waals surface area contributed by atoms with Crippen molar-refractivity contribution in [1.29, 1.82) is 0 Å². The van der Waals surface area contributed by atoms with Crippen LogP contribution in [0.4, 0.5) is 13.2 Å². The molecule has 156 valence electrons.